The molecule has 0 fully saturated rings. The number of aromatic nitrogens is 1. The van der Waals surface area contributed by atoms with Crippen LogP contribution in [0.3, 0.4) is 0 Å². The Balaban J connectivity index is 2.33. The van der Waals surface area contributed by atoms with Crippen molar-refractivity contribution in [2.24, 2.45) is 10.8 Å². The Kier molecular flexibility index (Phi) is 4.80. The Hall–Kier alpha value is -3.09. The Morgan fingerprint density at radius 3 is 2.48 bits per heavy atom. The first kappa shape index (κ1) is 16.3. The molecule has 120 valence electrons. The average molecular weight is 314 g/mol. The molecule has 23 heavy (non-hydrogen) atoms. The van der Waals surface area contributed by atoms with Gasteiger partial charge in [0.1, 0.15) is 0 Å². The van der Waals surface area contributed by atoms with E-state index in [0.29, 0.717) is 5.56 Å². The van der Waals surface area contributed by atoms with Crippen LogP contribution in [0.25, 0.3) is 5.69 Å². The summed E-state index contributed by atoms with van der Waals surface area (Å²) in [6.45, 7) is 3.90. The minimum Gasteiger partial charge on any atom is -0.465 e. The van der Waals surface area contributed by atoms with E-state index in [1.807, 2.05) is 36.6 Å². The van der Waals surface area contributed by atoms with Gasteiger partial charge >= 0.3 is 12.0 Å². The molecular weight excluding hydrogens is 296 g/mol. The molecule has 0 spiro atoms. The second kappa shape index (κ2) is 6.78. The van der Waals surface area contributed by atoms with Crippen molar-refractivity contribution in [3.8, 4) is 5.69 Å². The average Bonchev–Trinajstić information content (AvgIpc) is 2.80. The zero-order valence-corrected chi connectivity index (χ0v) is 13.2. The monoisotopic (exact) mass is 314 g/mol. The van der Waals surface area contributed by atoms with E-state index in [1.165, 1.54) is 13.3 Å². The Bertz CT molecular complexity index is 760. The van der Waals surface area contributed by atoms with E-state index in [0.717, 1.165) is 22.6 Å². The number of nitrogens with one attached hydrogen (secondary N) is 1. The number of aryl methyl sites for hydroxylation is 1. The third-order valence-electron chi connectivity index (χ3n) is 3.40. The number of hydrazone groups is 1. The Morgan fingerprint density at radius 2 is 1.91 bits per heavy atom. The number of methoxy groups -OCH3 is 1. The number of benzene rings is 1. The van der Waals surface area contributed by atoms with Crippen molar-refractivity contribution in [1.29, 1.82) is 0 Å². The number of rotatable bonds is 4. The maximum absolute atomic E-state index is 11.5. The minimum absolute atomic E-state index is 0.372. The topological polar surface area (TPSA) is 98.7 Å². The van der Waals surface area contributed by atoms with Crippen LogP contribution < -0.4 is 11.2 Å². The molecule has 1 aromatic carbocycles. The molecule has 7 nitrogen and oxygen atoms in total. The molecule has 0 atom stereocenters. The van der Waals surface area contributed by atoms with Gasteiger partial charge in [0.25, 0.3) is 0 Å². The number of carbonyl (C=O) groups excluding carboxylic acids is 2. The Morgan fingerprint density at radius 1 is 1.26 bits per heavy atom. The number of ether oxygens (including phenoxy) is 1. The van der Waals surface area contributed by atoms with Crippen LogP contribution in [0.4, 0.5) is 4.79 Å². The molecule has 1 heterocycles. The number of hydrogen-bond acceptors (Lipinski definition) is 4. The summed E-state index contributed by atoms with van der Waals surface area (Å²) >= 11 is 0. The predicted molar refractivity (Wildman–Crippen MR) is 86.9 cm³/mol. The predicted octanol–water partition coefficient (Wildman–Crippen LogP) is 1.88. The van der Waals surface area contributed by atoms with Crippen LogP contribution in [0.15, 0.2) is 35.4 Å². The summed E-state index contributed by atoms with van der Waals surface area (Å²) in [6, 6.07) is 8.33. The highest BCUT2D eigenvalue weighted by atomic mass is 16.5. The lowest BCUT2D eigenvalue weighted by Crippen LogP contribution is -2.24. The van der Waals surface area contributed by atoms with Crippen LogP contribution in [-0.2, 0) is 4.74 Å². The van der Waals surface area contributed by atoms with Gasteiger partial charge in [-0.1, -0.05) is 0 Å². The molecule has 0 saturated carbocycles. The van der Waals surface area contributed by atoms with Crippen LogP contribution in [0.2, 0.25) is 0 Å². The van der Waals surface area contributed by atoms with Crippen LogP contribution in [0.1, 0.15) is 27.3 Å². The summed E-state index contributed by atoms with van der Waals surface area (Å²) in [5.74, 6) is -0.372. The summed E-state index contributed by atoms with van der Waals surface area (Å²) in [5, 5.41) is 3.77. The van der Waals surface area contributed by atoms with Gasteiger partial charge in [0, 0.05) is 22.6 Å². The highest BCUT2D eigenvalue weighted by Crippen LogP contribution is 2.20. The summed E-state index contributed by atoms with van der Waals surface area (Å²) < 4.78 is 6.71. The second-order valence-electron chi connectivity index (χ2n) is 4.93. The van der Waals surface area contributed by atoms with Crippen molar-refractivity contribution >= 4 is 18.2 Å². The zero-order valence-electron chi connectivity index (χ0n) is 13.2. The lowest BCUT2D eigenvalue weighted by Gasteiger charge is -2.10. The molecule has 0 aliphatic rings. The summed E-state index contributed by atoms with van der Waals surface area (Å²) in [6.07, 6.45) is 1.53. The van der Waals surface area contributed by atoms with Crippen LogP contribution in [-0.4, -0.2) is 29.9 Å². The number of amides is 2. The van der Waals surface area contributed by atoms with Gasteiger partial charge in [0.05, 0.1) is 18.9 Å². The van der Waals surface area contributed by atoms with Crippen LogP contribution in [0.5, 0.6) is 0 Å². The molecule has 2 rings (SSSR count). The van der Waals surface area contributed by atoms with Gasteiger partial charge < -0.3 is 15.0 Å². The molecular formula is C16H18N4O3. The van der Waals surface area contributed by atoms with E-state index in [2.05, 4.69) is 15.3 Å². The van der Waals surface area contributed by atoms with Crippen molar-refractivity contribution < 1.29 is 14.3 Å². The molecule has 2 aromatic rings. The lowest BCUT2D eigenvalue weighted by molar-refractivity contribution is 0.0600. The highest BCUT2D eigenvalue weighted by Gasteiger charge is 2.11. The first-order valence-electron chi connectivity index (χ1n) is 6.90. The number of carbonyl (C=O) groups is 2. The SMILES string of the molecule is COC(=O)c1ccc(-n2c(C)cc(/C=N\NC(N)=O)c2C)cc1. The quantitative estimate of drug-likeness (QED) is 0.512. The first-order chi connectivity index (χ1) is 10.9. The van der Waals surface area contributed by atoms with Crippen molar-refractivity contribution in [3.63, 3.8) is 0 Å². The van der Waals surface area contributed by atoms with Gasteiger partial charge in [-0.25, -0.2) is 15.0 Å². The largest absolute Gasteiger partial charge is 0.465 e. The van der Waals surface area contributed by atoms with Crippen molar-refractivity contribution in [2.75, 3.05) is 7.11 Å². The first-order valence-corrected chi connectivity index (χ1v) is 6.90. The fraction of sp³-hybridized carbons (Fsp3) is 0.188. The maximum Gasteiger partial charge on any atom is 0.337 e. The molecule has 0 unspecified atom stereocenters. The van der Waals surface area contributed by atoms with E-state index in [9.17, 15) is 9.59 Å². The molecule has 0 saturated heterocycles. The van der Waals surface area contributed by atoms with E-state index in [4.69, 9.17) is 5.73 Å². The number of hydrogen-bond donors (Lipinski definition) is 2. The van der Waals surface area contributed by atoms with Crippen LogP contribution in [0, 0.1) is 13.8 Å². The fourth-order valence-corrected chi connectivity index (χ4v) is 2.35. The van der Waals surface area contributed by atoms with E-state index >= 15 is 0 Å². The van der Waals surface area contributed by atoms with Crippen molar-refractivity contribution in [1.82, 2.24) is 9.99 Å². The molecule has 3 N–H and O–H groups in total. The molecule has 0 aliphatic carbocycles. The normalized spacial score (nSPS) is 10.7. The smallest absolute Gasteiger partial charge is 0.337 e. The van der Waals surface area contributed by atoms with Gasteiger partial charge in [-0.2, -0.15) is 5.10 Å². The molecule has 0 bridgehead atoms. The van der Waals surface area contributed by atoms with Gasteiger partial charge in [-0.05, 0) is 44.2 Å². The molecule has 7 heteroatoms. The van der Waals surface area contributed by atoms with Gasteiger partial charge in [-0.15, -0.1) is 0 Å². The summed E-state index contributed by atoms with van der Waals surface area (Å²) in [4.78, 5) is 22.1. The molecule has 2 amide bonds. The minimum atomic E-state index is -0.714. The van der Waals surface area contributed by atoms with Crippen LogP contribution >= 0.6 is 0 Å². The van der Waals surface area contributed by atoms with Gasteiger partial charge in [0.2, 0.25) is 0 Å². The number of urea groups is 1. The second-order valence-corrected chi connectivity index (χ2v) is 4.93. The number of esters is 1. The Labute approximate surface area is 133 Å². The van der Waals surface area contributed by atoms with Crippen molar-refractivity contribution in [3.05, 3.63) is 52.8 Å². The third kappa shape index (κ3) is 3.57. The number of nitrogens with zero attached hydrogens (tertiary/aromatic N) is 2. The lowest BCUT2D eigenvalue weighted by atomic mass is 10.2. The van der Waals surface area contributed by atoms with Gasteiger partial charge in [-0.3, -0.25) is 0 Å². The third-order valence-corrected chi connectivity index (χ3v) is 3.40. The van der Waals surface area contributed by atoms with Gasteiger partial charge in [0.15, 0.2) is 0 Å². The summed E-state index contributed by atoms with van der Waals surface area (Å²) in [5.41, 5.74) is 11.3. The maximum atomic E-state index is 11.5. The standard InChI is InChI=1S/C16H18N4O3/c1-10-8-13(9-18-19-16(17)22)11(2)20(10)14-6-4-12(5-7-14)15(21)23-3/h4-9H,1-3H3,(H3,17,19,22)/b18-9-. The number of nitrogens with two attached hydrogens (primary N) is 1. The van der Waals surface area contributed by atoms with E-state index < -0.39 is 6.03 Å². The zero-order chi connectivity index (χ0) is 17.0. The van der Waals surface area contributed by atoms with E-state index in [-0.39, 0.29) is 5.97 Å². The molecule has 0 radical (unpaired) electrons. The number of primary amides is 1. The molecule has 0 aliphatic heterocycles. The highest BCUT2D eigenvalue weighted by molar-refractivity contribution is 5.89. The fourth-order valence-electron chi connectivity index (χ4n) is 2.35. The molecule has 1 aromatic heterocycles. The van der Waals surface area contributed by atoms with Crippen molar-refractivity contribution in [2.45, 2.75) is 13.8 Å². The van der Waals surface area contributed by atoms with E-state index in [1.54, 1.807) is 12.1 Å². The summed E-state index contributed by atoms with van der Waals surface area (Å²) in [7, 11) is 1.35.